The first kappa shape index (κ1) is 14.6. The quantitative estimate of drug-likeness (QED) is 0.799. The molecule has 2 heterocycles. The van der Waals surface area contributed by atoms with Crippen LogP contribution in [0.3, 0.4) is 0 Å². The second-order valence-corrected chi connectivity index (χ2v) is 6.30. The topological polar surface area (TPSA) is 47.4 Å². The van der Waals surface area contributed by atoms with Crippen LogP contribution in [0.5, 0.6) is 5.75 Å². The van der Waals surface area contributed by atoms with E-state index < -0.39 is 0 Å². The highest BCUT2D eigenvalue weighted by atomic mass is 16.5. The molecule has 1 aliphatic heterocycles. The maximum atomic E-state index is 13.3. The summed E-state index contributed by atoms with van der Waals surface area (Å²) >= 11 is 0. The molecule has 3 rings (SSSR count). The van der Waals surface area contributed by atoms with Gasteiger partial charge in [-0.1, -0.05) is 19.3 Å². The number of aromatic nitrogens is 2. The fourth-order valence-electron chi connectivity index (χ4n) is 4.01. The zero-order chi connectivity index (χ0) is 14.9. The van der Waals surface area contributed by atoms with E-state index in [1.165, 1.54) is 19.3 Å². The van der Waals surface area contributed by atoms with Gasteiger partial charge in [0.1, 0.15) is 5.69 Å². The summed E-state index contributed by atoms with van der Waals surface area (Å²) in [5.41, 5.74) is 0.312. The Hall–Kier alpha value is -1.36. The Morgan fingerprint density at radius 1 is 1.19 bits per heavy atom. The Morgan fingerprint density at radius 2 is 1.86 bits per heavy atom. The third kappa shape index (κ3) is 2.37. The smallest absolute Gasteiger partial charge is 0.204 e. The van der Waals surface area contributed by atoms with E-state index in [4.69, 9.17) is 4.74 Å². The van der Waals surface area contributed by atoms with E-state index >= 15 is 0 Å². The standard InChI is InChI=1S/C16H25N3O2/c1-18-14(13(21-2)12-17-18)15(20)16(8-4-5-9-16)19-10-6-3-7-11-19/h12H,3-11H2,1-2H3. The van der Waals surface area contributed by atoms with Crippen molar-refractivity contribution in [3.05, 3.63) is 11.9 Å². The van der Waals surface area contributed by atoms with E-state index in [2.05, 4.69) is 10.00 Å². The highest BCUT2D eigenvalue weighted by molar-refractivity contribution is 6.04. The van der Waals surface area contributed by atoms with Gasteiger partial charge in [0.25, 0.3) is 0 Å². The minimum Gasteiger partial charge on any atom is -0.493 e. The van der Waals surface area contributed by atoms with Crippen LogP contribution in [0.25, 0.3) is 0 Å². The Kier molecular flexibility index (Phi) is 4.02. The number of nitrogens with zero attached hydrogens (tertiary/aromatic N) is 3. The van der Waals surface area contributed by atoms with E-state index in [1.807, 2.05) is 7.05 Å². The molecule has 0 aromatic carbocycles. The largest absolute Gasteiger partial charge is 0.493 e. The van der Waals surface area contributed by atoms with Crippen molar-refractivity contribution in [1.29, 1.82) is 0 Å². The summed E-state index contributed by atoms with van der Waals surface area (Å²) in [5.74, 6) is 0.810. The number of likely N-dealkylation sites (tertiary alicyclic amines) is 1. The lowest BCUT2D eigenvalue weighted by molar-refractivity contribution is 0.0465. The number of hydrogen-bond acceptors (Lipinski definition) is 4. The molecule has 0 radical (unpaired) electrons. The molecule has 0 N–H and O–H groups in total. The molecule has 0 amide bonds. The van der Waals surface area contributed by atoms with Crippen molar-refractivity contribution in [1.82, 2.24) is 14.7 Å². The van der Waals surface area contributed by atoms with Gasteiger partial charge in [0.05, 0.1) is 18.8 Å². The predicted molar refractivity (Wildman–Crippen MR) is 80.7 cm³/mol. The van der Waals surface area contributed by atoms with Crippen LogP contribution in [0.15, 0.2) is 6.20 Å². The number of hydrogen-bond donors (Lipinski definition) is 0. The van der Waals surface area contributed by atoms with Gasteiger partial charge in [-0.25, -0.2) is 0 Å². The van der Waals surface area contributed by atoms with Gasteiger partial charge in [-0.05, 0) is 38.8 Å². The summed E-state index contributed by atoms with van der Waals surface area (Å²) in [6.45, 7) is 2.10. The molecule has 1 saturated heterocycles. The molecule has 0 atom stereocenters. The van der Waals surface area contributed by atoms with Gasteiger partial charge in [0.2, 0.25) is 5.78 Å². The number of ether oxygens (including phenoxy) is 1. The van der Waals surface area contributed by atoms with E-state index in [-0.39, 0.29) is 11.3 Å². The molecule has 1 aliphatic carbocycles. The zero-order valence-corrected chi connectivity index (χ0v) is 13.1. The van der Waals surface area contributed by atoms with Crippen molar-refractivity contribution < 1.29 is 9.53 Å². The third-order valence-corrected chi connectivity index (χ3v) is 5.15. The number of aryl methyl sites for hydroxylation is 1. The fourth-order valence-corrected chi connectivity index (χ4v) is 4.01. The summed E-state index contributed by atoms with van der Waals surface area (Å²) in [6, 6.07) is 0. The third-order valence-electron chi connectivity index (χ3n) is 5.15. The van der Waals surface area contributed by atoms with E-state index in [0.29, 0.717) is 11.4 Å². The second-order valence-electron chi connectivity index (χ2n) is 6.30. The first-order valence-electron chi connectivity index (χ1n) is 8.05. The van der Waals surface area contributed by atoms with E-state index in [0.717, 1.165) is 38.8 Å². The van der Waals surface area contributed by atoms with Crippen molar-refractivity contribution in [2.75, 3.05) is 20.2 Å². The maximum absolute atomic E-state index is 13.3. The molecule has 5 heteroatoms. The van der Waals surface area contributed by atoms with E-state index in [1.54, 1.807) is 18.0 Å². The molecular weight excluding hydrogens is 266 g/mol. The lowest BCUT2D eigenvalue weighted by atomic mass is 9.86. The van der Waals surface area contributed by atoms with Crippen LogP contribution in [-0.4, -0.2) is 46.2 Å². The molecule has 0 spiro atoms. The van der Waals surface area contributed by atoms with E-state index in [9.17, 15) is 4.79 Å². The molecule has 2 aliphatic rings. The van der Waals surface area contributed by atoms with Crippen LogP contribution < -0.4 is 4.74 Å². The second kappa shape index (κ2) is 5.79. The highest BCUT2D eigenvalue weighted by Gasteiger charge is 2.48. The van der Waals surface area contributed by atoms with Gasteiger partial charge in [-0.15, -0.1) is 0 Å². The number of carbonyl (C=O) groups excluding carboxylic acids is 1. The number of carbonyl (C=O) groups is 1. The number of Topliss-reactive ketones (excluding diaryl/α,β-unsaturated/α-hetero) is 1. The summed E-state index contributed by atoms with van der Waals surface area (Å²) in [6.07, 6.45) is 9.57. The molecule has 5 nitrogen and oxygen atoms in total. The monoisotopic (exact) mass is 291 g/mol. The van der Waals surface area contributed by atoms with Crippen LogP contribution in [0.2, 0.25) is 0 Å². The van der Waals surface area contributed by atoms with Crippen LogP contribution in [-0.2, 0) is 7.05 Å². The first-order valence-corrected chi connectivity index (χ1v) is 8.05. The van der Waals surface area contributed by atoms with Gasteiger partial charge < -0.3 is 4.74 Å². The van der Waals surface area contributed by atoms with Crippen molar-refractivity contribution in [2.24, 2.45) is 7.05 Å². The number of rotatable bonds is 4. The number of piperidine rings is 1. The summed E-state index contributed by atoms with van der Waals surface area (Å²) < 4.78 is 7.03. The van der Waals surface area contributed by atoms with Gasteiger partial charge in [0.15, 0.2) is 5.75 Å². The van der Waals surface area contributed by atoms with Gasteiger partial charge in [-0.3, -0.25) is 14.4 Å². The molecule has 1 aromatic heterocycles. The number of methoxy groups -OCH3 is 1. The van der Waals surface area contributed by atoms with Crippen LogP contribution in [0.1, 0.15) is 55.4 Å². The summed E-state index contributed by atoms with van der Waals surface area (Å²) in [4.78, 5) is 15.8. The minimum absolute atomic E-state index is 0.207. The maximum Gasteiger partial charge on any atom is 0.204 e. The molecule has 0 bridgehead atoms. The molecule has 116 valence electrons. The lowest BCUT2D eigenvalue weighted by Gasteiger charge is -2.42. The van der Waals surface area contributed by atoms with Crippen molar-refractivity contribution >= 4 is 5.78 Å². The normalized spacial score (nSPS) is 22.4. The zero-order valence-electron chi connectivity index (χ0n) is 13.1. The average Bonchev–Trinajstić information content (AvgIpc) is 3.15. The van der Waals surface area contributed by atoms with Crippen molar-refractivity contribution in [3.8, 4) is 5.75 Å². The van der Waals surface area contributed by atoms with Crippen LogP contribution in [0, 0.1) is 0 Å². The molecule has 2 fully saturated rings. The Bertz CT molecular complexity index is 512. The molecule has 21 heavy (non-hydrogen) atoms. The van der Waals surface area contributed by atoms with Crippen molar-refractivity contribution in [3.63, 3.8) is 0 Å². The summed E-state index contributed by atoms with van der Waals surface area (Å²) in [7, 11) is 3.44. The predicted octanol–water partition coefficient (Wildman–Crippen LogP) is 2.41. The Balaban J connectivity index is 1.96. The summed E-state index contributed by atoms with van der Waals surface area (Å²) in [5, 5.41) is 4.21. The molecular formula is C16H25N3O2. The van der Waals surface area contributed by atoms with Gasteiger partial charge >= 0.3 is 0 Å². The molecule has 0 unspecified atom stereocenters. The average molecular weight is 291 g/mol. The Labute approximate surface area is 126 Å². The Morgan fingerprint density at radius 3 is 2.48 bits per heavy atom. The van der Waals surface area contributed by atoms with Crippen LogP contribution in [0.4, 0.5) is 0 Å². The van der Waals surface area contributed by atoms with Crippen LogP contribution >= 0.6 is 0 Å². The lowest BCUT2D eigenvalue weighted by Crippen LogP contribution is -2.55. The number of ketones is 1. The van der Waals surface area contributed by atoms with Gasteiger partial charge in [0, 0.05) is 7.05 Å². The molecule has 1 aromatic rings. The van der Waals surface area contributed by atoms with Crippen molar-refractivity contribution in [2.45, 2.75) is 50.5 Å². The first-order chi connectivity index (χ1) is 10.2. The fraction of sp³-hybridized carbons (Fsp3) is 0.750. The van der Waals surface area contributed by atoms with Gasteiger partial charge in [-0.2, -0.15) is 5.10 Å². The minimum atomic E-state index is -0.318. The SMILES string of the molecule is COc1cnn(C)c1C(=O)C1(N2CCCCC2)CCCC1. The highest BCUT2D eigenvalue weighted by Crippen LogP contribution is 2.40. The molecule has 1 saturated carbocycles.